The van der Waals surface area contributed by atoms with Crippen LogP contribution in [-0.2, 0) is 15.3 Å². The Morgan fingerprint density at radius 2 is 1.69 bits per heavy atom. The highest BCUT2D eigenvalue weighted by Crippen LogP contribution is 2.34. The average molecular weight is 176 g/mol. The van der Waals surface area contributed by atoms with Gasteiger partial charge in [0.15, 0.2) is 0 Å². The van der Waals surface area contributed by atoms with Gasteiger partial charge in [0.2, 0.25) is 0 Å². The van der Waals surface area contributed by atoms with E-state index in [0.29, 0.717) is 0 Å². The molecule has 0 amide bonds. The van der Waals surface area contributed by atoms with Gasteiger partial charge in [-0.15, -0.1) is 0 Å². The van der Waals surface area contributed by atoms with Crippen molar-refractivity contribution >= 4 is 0 Å². The standard InChI is InChI=1S/C11H12O2/c1-2-11(12-8-9-13-11)10-6-4-3-5-7-10/h3-9H,2H2,1H3. The highest BCUT2D eigenvalue weighted by Gasteiger charge is 2.35. The van der Waals surface area contributed by atoms with Crippen molar-refractivity contribution in [3.63, 3.8) is 0 Å². The Balaban J connectivity index is 2.32. The molecule has 0 aromatic heterocycles. The molecule has 1 aliphatic heterocycles. The summed E-state index contributed by atoms with van der Waals surface area (Å²) < 4.78 is 10.9. The summed E-state index contributed by atoms with van der Waals surface area (Å²) in [6.45, 7) is 2.04. The summed E-state index contributed by atoms with van der Waals surface area (Å²) in [5, 5.41) is 0. The van der Waals surface area contributed by atoms with Crippen molar-refractivity contribution in [3.05, 3.63) is 48.4 Å². The van der Waals surface area contributed by atoms with Gasteiger partial charge in [-0.25, -0.2) is 0 Å². The van der Waals surface area contributed by atoms with Crippen LogP contribution < -0.4 is 0 Å². The molecule has 2 heteroatoms. The van der Waals surface area contributed by atoms with Crippen LogP contribution in [-0.4, -0.2) is 0 Å². The third kappa shape index (κ3) is 1.28. The molecule has 0 unspecified atom stereocenters. The van der Waals surface area contributed by atoms with E-state index in [-0.39, 0.29) is 0 Å². The van der Waals surface area contributed by atoms with Crippen molar-refractivity contribution in [2.75, 3.05) is 0 Å². The summed E-state index contributed by atoms with van der Waals surface area (Å²) >= 11 is 0. The molecular weight excluding hydrogens is 164 g/mol. The minimum atomic E-state index is -0.582. The quantitative estimate of drug-likeness (QED) is 0.689. The van der Waals surface area contributed by atoms with Gasteiger partial charge in [-0.1, -0.05) is 37.3 Å². The predicted molar refractivity (Wildman–Crippen MR) is 49.7 cm³/mol. The molecule has 0 fully saturated rings. The van der Waals surface area contributed by atoms with Crippen LogP contribution in [0.4, 0.5) is 0 Å². The minimum Gasteiger partial charge on any atom is -0.453 e. The second-order valence-corrected chi connectivity index (χ2v) is 2.98. The fraction of sp³-hybridized carbons (Fsp3) is 0.273. The van der Waals surface area contributed by atoms with Gasteiger partial charge >= 0.3 is 0 Å². The van der Waals surface area contributed by atoms with Crippen molar-refractivity contribution in [3.8, 4) is 0 Å². The summed E-state index contributed by atoms with van der Waals surface area (Å²) in [6, 6.07) is 9.97. The zero-order chi connectivity index (χ0) is 9.15. The van der Waals surface area contributed by atoms with Crippen molar-refractivity contribution in [2.24, 2.45) is 0 Å². The molecule has 2 rings (SSSR count). The molecule has 2 nitrogen and oxygen atoms in total. The number of ether oxygens (including phenoxy) is 2. The highest BCUT2D eigenvalue weighted by atomic mass is 16.7. The van der Waals surface area contributed by atoms with E-state index in [1.54, 1.807) is 12.5 Å². The second-order valence-electron chi connectivity index (χ2n) is 2.98. The van der Waals surface area contributed by atoms with E-state index in [1.807, 2.05) is 37.3 Å². The average Bonchev–Trinajstić information content (AvgIpc) is 2.69. The number of rotatable bonds is 2. The van der Waals surface area contributed by atoms with E-state index in [4.69, 9.17) is 9.47 Å². The zero-order valence-corrected chi connectivity index (χ0v) is 7.57. The van der Waals surface area contributed by atoms with Gasteiger partial charge in [0.25, 0.3) is 5.79 Å². The first-order chi connectivity index (χ1) is 6.37. The molecule has 0 atom stereocenters. The molecule has 0 saturated heterocycles. The van der Waals surface area contributed by atoms with Gasteiger partial charge in [0.05, 0.1) is 0 Å². The van der Waals surface area contributed by atoms with E-state index in [1.165, 1.54) is 0 Å². The SMILES string of the molecule is CCC1(c2ccccc2)OC=CO1. The fourth-order valence-corrected chi connectivity index (χ4v) is 1.50. The van der Waals surface area contributed by atoms with E-state index in [2.05, 4.69) is 0 Å². The summed E-state index contributed by atoms with van der Waals surface area (Å²) in [7, 11) is 0. The van der Waals surface area contributed by atoms with Crippen LogP contribution in [0.15, 0.2) is 42.9 Å². The molecule has 1 aromatic carbocycles. The summed E-state index contributed by atoms with van der Waals surface area (Å²) in [4.78, 5) is 0. The summed E-state index contributed by atoms with van der Waals surface area (Å²) in [5.41, 5.74) is 1.06. The topological polar surface area (TPSA) is 18.5 Å². The first-order valence-electron chi connectivity index (χ1n) is 4.43. The van der Waals surface area contributed by atoms with Gasteiger partial charge in [-0.3, -0.25) is 0 Å². The number of benzene rings is 1. The molecule has 0 saturated carbocycles. The van der Waals surface area contributed by atoms with E-state index >= 15 is 0 Å². The lowest BCUT2D eigenvalue weighted by Crippen LogP contribution is -2.25. The lowest BCUT2D eigenvalue weighted by Gasteiger charge is -2.26. The van der Waals surface area contributed by atoms with E-state index < -0.39 is 5.79 Å². The Kier molecular flexibility index (Phi) is 1.97. The Morgan fingerprint density at radius 1 is 1.08 bits per heavy atom. The van der Waals surface area contributed by atoms with Gasteiger partial charge < -0.3 is 9.47 Å². The third-order valence-electron chi connectivity index (χ3n) is 2.25. The van der Waals surface area contributed by atoms with Gasteiger partial charge in [0.1, 0.15) is 12.5 Å². The summed E-state index contributed by atoms with van der Waals surface area (Å²) in [5.74, 6) is -0.582. The van der Waals surface area contributed by atoms with E-state index in [0.717, 1.165) is 12.0 Å². The van der Waals surface area contributed by atoms with Crippen LogP contribution in [0.1, 0.15) is 18.9 Å². The molecule has 1 heterocycles. The maximum absolute atomic E-state index is 5.47. The van der Waals surface area contributed by atoms with Crippen molar-refractivity contribution < 1.29 is 9.47 Å². The normalized spacial score (nSPS) is 17.9. The Bertz CT molecular complexity index is 295. The molecule has 1 aliphatic rings. The number of hydrogen-bond acceptors (Lipinski definition) is 2. The smallest absolute Gasteiger partial charge is 0.276 e. The van der Waals surface area contributed by atoms with Gasteiger partial charge in [-0.2, -0.15) is 0 Å². The number of hydrogen-bond donors (Lipinski definition) is 0. The molecule has 13 heavy (non-hydrogen) atoms. The molecule has 68 valence electrons. The molecular formula is C11H12O2. The molecule has 0 bridgehead atoms. The molecule has 0 aliphatic carbocycles. The van der Waals surface area contributed by atoms with Crippen LogP contribution in [0.5, 0.6) is 0 Å². The predicted octanol–water partition coefficient (Wildman–Crippen LogP) is 2.77. The first-order valence-corrected chi connectivity index (χ1v) is 4.43. The van der Waals surface area contributed by atoms with Gasteiger partial charge in [-0.05, 0) is 0 Å². The fourth-order valence-electron chi connectivity index (χ4n) is 1.50. The molecule has 1 aromatic rings. The minimum absolute atomic E-state index is 0.582. The van der Waals surface area contributed by atoms with Crippen molar-refractivity contribution in [1.29, 1.82) is 0 Å². The van der Waals surface area contributed by atoms with Crippen LogP contribution in [0, 0.1) is 0 Å². The monoisotopic (exact) mass is 176 g/mol. The first kappa shape index (κ1) is 8.17. The van der Waals surface area contributed by atoms with Crippen molar-refractivity contribution in [2.45, 2.75) is 19.1 Å². The van der Waals surface area contributed by atoms with Crippen LogP contribution in [0.2, 0.25) is 0 Å². The van der Waals surface area contributed by atoms with Crippen LogP contribution in [0.25, 0.3) is 0 Å². The van der Waals surface area contributed by atoms with Crippen molar-refractivity contribution in [1.82, 2.24) is 0 Å². The zero-order valence-electron chi connectivity index (χ0n) is 7.57. The van der Waals surface area contributed by atoms with Crippen LogP contribution in [0.3, 0.4) is 0 Å². The lowest BCUT2D eigenvalue weighted by molar-refractivity contribution is -0.151. The molecule has 0 N–H and O–H groups in total. The van der Waals surface area contributed by atoms with Crippen LogP contribution >= 0.6 is 0 Å². The lowest BCUT2D eigenvalue weighted by atomic mass is 10.0. The summed E-state index contributed by atoms with van der Waals surface area (Å²) in [6.07, 6.45) is 3.98. The third-order valence-corrected chi connectivity index (χ3v) is 2.25. The van der Waals surface area contributed by atoms with Gasteiger partial charge in [0, 0.05) is 12.0 Å². The Hall–Kier alpha value is -1.44. The highest BCUT2D eigenvalue weighted by molar-refractivity contribution is 5.21. The molecule has 0 spiro atoms. The largest absolute Gasteiger partial charge is 0.453 e. The molecule has 0 radical (unpaired) electrons. The Labute approximate surface area is 77.8 Å². The van der Waals surface area contributed by atoms with E-state index in [9.17, 15) is 0 Å². The maximum Gasteiger partial charge on any atom is 0.276 e. The maximum atomic E-state index is 5.47. The Morgan fingerprint density at radius 3 is 2.23 bits per heavy atom. The second kappa shape index (κ2) is 3.13.